The molecule has 0 saturated heterocycles. The second-order valence-corrected chi connectivity index (χ2v) is 3.46. The van der Waals surface area contributed by atoms with Crippen LogP contribution in [-0.4, -0.2) is 19.2 Å². The molecule has 3 nitrogen and oxygen atoms in total. The molecule has 1 amide bonds. The lowest BCUT2D eigenvalue weighted by atomic mass is 10.3. The maximum Gasteiger partial charge on any atom is 0.414 e. The SMILES string of the molecule is [CH2]CN(C(=O)OCCCC)c1ccccc1. The van der Waals surface area contributed by atoms with E-state index in [1.165, 1.54) is 4.90 Å². The predicted octanol–water partition coefficient (Wildman–Crippen LogP) is 3.26. The lowest BCUT2D eigenvalue weighted by Gasteiger charge is -2.20. The van der Waals surface area contributed by atoms with Crippen molar-refractivity contribution in [3.05, 3.63) is 37.3 Å². The van der Waals surface area contributed by atoms with Crippen molar-refractivity contribution in [3.63, 3.8) is 0 Å². The Bertz CT molecular complexity index is 311. The standard InChI is InChI=1S/C13H18NO2/c1-3-5-11-16-13(15)14(4-2)12-9-7-6-8-10-12/h6-10H,2-5,11H2,1H3. The van der Waals surface area contributed by atoms with E-state index in [1.807, 2.05) is 30.3 Å². The third kappa shape index (κ3) is 3.57. The van der Waals surface area contributed by atoms with Crippen LogP contribution < -0.4 is 4.90 Å². The number of carbonyl (C=O) groups is 1. The van der Waals surface area contributed by atoms with E-state index < -0.39 is 0 Å². The highest BCUT2D eigenvalue weighted by Crippen LogP contribution is 2.13. The molecule has 0 aliphatic heterocycles. The molecule has 0 atom stereocenters. The Kier molecular flexibility index (Phi) is 5.40. The van der Waals surface area contributed by atoms with E-state index in [2.05, 4.69) is 13.8 Å². The summed E-state index contributed by atoms with van der Waals surface area (Å²) in [7, 11) is 0. The maximum absolute atomic E-state index is 11.7. The highest BCUT2D eigenvalue weighted by molar-refractivity contribution is 5.87. The van der Waals surface area contributed by atoms with Crippen LogP contribution in [0, 0.1) is 6.92 Å². The summed E-state index contributed by atoms with van der Waals surface area (Å²) < 4.78 is 5.14. The molecule has 1 aromatic carbocycles. The van der Waals surface area contributed by atoms with Gasteiger partial charge in [0.15, 0.2) is 0 Å². The quantitative estimate of drug-likeness (QED) is 0.713. The number of para-hydroxylation sites is 1. The number of benzene rings is 1. The number of amides is 1. The van der Waals surface area contributed by atoms with Gasteiger partial charge in [-0.2, -0.15) is 0 Å². The van der Waals surface area contributed by atoms with E-state index in [9.17, 15) is 4.79 Å². The fourth-order valence-electron chi connectivity index (χ4n) is 1.32. The molecule has 1 rings (SSSR count). The minimum atomic E-state index is -0.324. The van der Waals surface area contributed by atoms with Gasteiger partial charge in [0.1, 0.15) is 0 Å². The van der Waals surface area contributed by atoms with Gasteiger partial charge in [0, 0.05) is 12.2 Å². The lowest BCUT2D eigenvalue weighted by Crippen LogP contribution is -2.31. The molecule has 0 aliphatic carbocycles. The average molecular weight is 220 g/mol. The molecule has 1 radical (unpaired) electrons. The van der Waals surface area contributed by atoms with Crippen molar-refractivity contribution in [2.24, 2.45) is 0 Å². The molecule has 0 saturated carbocycles. The highest BCUT2D eigenvalue weighted by atomic mass is 16.6. The minimum absolute atomic E-state index is 0.324. The minimum Gasteiger partial charge on any atom is -0.449 e. The van der Waals surface area contributed by atoms with Crippen LogP contribution in [-0.2, 0) is 4.74 Å². The van der Waals surface area contributed by atoms with Crippen molar-refractivity contribution in [3.8, 4) is 0 Å². The van der Waals surface area contributed by atoms with Gasteiger partial charge in [-0.15, -0.1) is 0 Å². The normalized spacial score (nSPS) is 9.88. The summed E-state index contributed by atoms with van der Waals surface area (Å²) in [5, 5.41) is 0. The third-order valence-electron chi connectivity index (χ3n) is 2.24. The monoisotopic (exact) mass is 220 g/mol. The Balaban J connectivity index is 2.57. The third-order valence-corrected chi connectivity index (χ3v) is 2.24. The number of ether oxygens (including phenoxy) is 1. The number of unbranched alkanes of at least 4 members (excludes halogenated alkanes) is 1. The van der Waals surface area contributed by atoms with Crippen molar-refractivity contribution < 1.29 is 9.53 Å². The molecular weight excluding hydrogens is 202 g/mol. The van der Waals surface area contributed by atoms with E-state index in [0.29, 0.717) is 13.2 Å². The van der Waals surface area contributed by atoms with E-state index in [1.54, 1.807) is 0 Å². The van der Waals surface area contributed by atoms with Gasteiger partial charge in [0.2, 0.25) is 0 Å². The van der Waals surface area contributed by atoms with Crippen molar-refractivity contribution in [1.82, 2.24) is 0 Å². The Morgan fingerprint density at radius 3 is 2.62 bits per heavy atom. The van der Waals surface area contributed by atoms with Crippen LogP contribution in [0.1, 0.15) is 19.8 Å². The molecule has 0 aromatic heterocycles. The number of hydrogen-bond donors (Lipinski definition) is 0. The molecular formula is C13H18NO2. The number of anilines is 1. The molecule has 0 fully saturated rings. The topological polar surface area (TPSA) is 29.5 Å². The Hall–Kier alpha value is -1.51. The van der Waals surface area contributed by atoms with Crippen molar-refractivity contribution >= 4 is 11.8 Å². The molecule has 0 spiro atoms. The first-order valence-electron chi connectivity index (χ1n) is 5.58. The van der Waals surface area contributed by atoms with Gasteiger partial charge < -0.3 is 4.74 Å². The summed E-state index contributed by atoms with van der Waals surface area (Å²) in [6, 6.07) is 9.42. The Labute approximate surface area is 97.0 Å². The highest BCUT2D eigenvalue weighted by Gasteiger charge is 2.14. The summed E-state index contributed by atoms with van der Waals surface area (Å²) >= 11 is 0. The number of rotatable bonds is 5. The summed E-state index contributed by atoms with van der Waals surface area (Å²) in [6.45, 7) is 6.64. The molecule has 1 aromatic rings. The first kappa shape index (κ1) is 12.6. The van der Waals surface area contributed by atoms with E-state index >= 15 is 0 Å². The number of hydrogen-bond acceptors (Lipinski definition) is 2. The van der Waals surface area contributed by atoms with Gasteiger partial charge in [-0.1, -0.05) is 31.5 Å². The largest absolute Gasteiger partial charge is 0.449 e. The Morgan fingerprint density at radius 1 is 1.38 bits per heavy atom. The van der Waals surface area contributed by atoms with Gasteiger partial charge >= 0.3 is 6.09 Å². The van der Waals surface area contributed by atoms with E-state index in [4.69, 9.17) is 4.74 Å². The van der Waals surface area contributed by atoms with Gasteiger partial charge in [0.05, 0.1) is 6.61 Å². The Morgan fingerprint density at radius 2 is 2.06 bits per heavy atom. The first-order chi connectivity index (χ1) is 7.79. The smallest absolute Gasteiger partial charge is 0.414 e. The molecule has 0 heterocycles. The molecule has 16 heavy (non-hydrogen) atoms. The van der Waals surface area contributed by atoms with E-state index in [0.717, 1.165) is 18.5 Å². The van der Waals surface area contributed by atoms with Crippen LogP contribution >= 0.6 is 0 Å². The molecule has 87 valence electrons. The number of nitrogens with zero attached hydrogens (tertiary/aromatic N) is 1. The average Bonchev–Trinajstić information content (AvgIpc) is 2.32. The zero-order chi connectivity index (χ0) is 11.8. The van der Waals surface area contributed by atoms with Crippen molar-refractivity contribution in [1.29, 1.82) is 0 Å². The zero-order valence-corrected chi connectivity index (χ0v) is 9.69. The van der Waals surface area contributed by atoms with Gasteiger partial charge in [-0.05, 0) is 25.5 Å². The summed E-state index contributed by atoms with van der Waals surface area (Å²) in [6.07, 6.45) is 1.59. The summed E-state index contributed by atoms with van der Waals surface area (Å²) in [5.41, 5.74) is 0.819. The van der Waals surface area contributed by atoms with Crippen molar-refractivity contribution in [2.45, 2.75) is 19.8 Å². The maximum atomic E-state index is 11.7. The van der Waals surface area contributed by atoms with Crippen LogP contribution in [0.4, 0.5) is 10.5 Å². The predicted molar refractivity (Wildman–Crippen MR) is 65.4 cm³/mol. The first-order valence-corrected chi connectivity index (χ1v) is 5.58. The van der Waals surface area contributed by atoms with Crippen molar-refractivity contribution in [2.75, 3.05) is 18.1 Å². The second kappa shape index (κ2) is 6.88. The van der Waals surface area contributed by atoms with Crippen LogP contribution in [0.3, 0.4) is 0 Å². The lowest BCUT2D eigenvalue weighted by molar-refractivity contribution is 0.152. The van der Waals surface area contributed by atoms with Gasteiger partial charge in [0.25, 0.3) is 0 Å². The second-order valence-electron chi connectivity index (χ2n) is 3.46. The van der Waals surface area contributed by atoms with Crippen LogP contribution in [0.2, 0.25) is 0 Å². The van der Waals surface area contributed by atoms with Gasteiger partial charge in [-0.25, -0.2) is 4.79 Å². The molecule has 3 heteroatoms. The molecule has 0 aliphatic rings. The van der Waals surface area contributed by atoms with Crippen LogP contribution in [0.25, 0.3) is 0 Å². The van der Waals surface area contributed by atoms with Gasteiger partial charge in [-0.3, -0.25) is 4.90 Å². The number of carbonyl (C=O) groups excluding carboxylic acids is 1. The zero-order valence-electron chi connectivity index (χ0n) is 9.69. The fraction of sp³-hybridized carbons (Fsp3) is 0.385. The fourth-order valence-corrected chi connectivity index (χ4v) is 1.32. The van der Waals surface area contributed by atoms with E-state index in [-0.39, 0.29) is 6.09 Å². The summed E-state index contributed by atoms with van der Waals surface area (Å²) in [5.74, 6) is 0. The van der Waals surface area contributed by atoms with Crippen LogP contribution in [0.15, 0.2) is 30.3 Å². The molecule has 0 bridgehead atoms. The molecule has 0 unspecified atom stereocenters. The van der Waals surface area contributed by atoms with Crippen LogP contribution in [0.5, 0.6) is 0 Å². The summed E-state index contributed by atoms with van der Waals surface area (Å²) in [4.78, 5) is 13.2. The molecule has 0 N–H and O–H groups in total.